The molecule has 2 heterocycles. The maximum Gasteiger partial charge on any atom is 0.0462 e. The molecule has 0 aliphatic heterocycles. The van der Waals surface area contributed by atoms with Crippen molar-refractivity contribution < 1.29 is 0 Å². The second kappa shape index (κ2) is 15.6. The number of anilines is 3. The lowest BCUT2D eigenvalue weighted by molar-refractivity contribution is 1.28. The third-order valence-electron chi connectivity index (χ3n) is 12.1. The van der Waals surface area contributed by atoms with Gasteiger partial charge in [0.15, 0.2) is 0 Å². The third kappa shape index (κ3) is 6.74. The van der Waals surface area contributed by atoms with E-state index in [-0.39, 0.29) is 0 Å². The minimum absolute atomic E-state index is 1.08. The number of benzene rings is 9. The maximum absolute atomic E-state index is 3.61. The normalized spacial score (nSPS) is 11.4. The van der Waals surface area contributed by atoms with Crippen molar-refractivity contribution in [3.8, 4) is 52.9 Å². The second-order valence-electron chi connectivity index (χ2n) is 15.9. The lowest BCUT2D eigenvalue weighted by Crippen LogP contribution is -2.09. The zero-order valence-electron chi connectivity index (χ0n) is 34.1. The number of para-hydroxylation sites is 2. The Morgan fingerprint density at radius 2 is 0.810 bits per heavy atom. The molecule has 0 spiro atoms. The number of rotatable bonds is 8. The zero-order chi connectivity index (χ0) is 41.7. The van der Waals surface area contributed by atoms with Crippen LogP contribution in [0.25, 0.3) is 96.0 Å². The van der Waals surface area contributed by atoms with Gasteiger partial charge in [0.25, 0.3) is 0 Å². The van der Waals surface area contributed by atoms with Gasteiger partial charge >= 0.3 is 0 Å². The first-order chi connectivity index (χ1) is 31.2. The van der Waals surface area contributed by atoms with Crippen molar-refractivity contribution in [2.75, 3.05) is 4.90 Å². The van der Waals surface area contributed by atoms with Crippen LogP contribution in [0.1, 0.15) is 0 Å². The molecule has 12 aromatic rings. The van der Waals surface area contributed by atoms with E-state index in [1.807, 2.05) is 28.7 Å². The highest BCUT2D eigenvalue weighted by molar-refractivity contribution is 7.25. The van der Waals surface area contributed by atoms with Crippen LogP contribution < -0.4 is 4.90 Å². The molecule has 0 unspecified atom stereocenters. The Bertz CT molecular complexity index is 3580. The predicted molar refractivity (Wildman–Crippen MR) is 272 cm³/mol. The smallest absolute Gasteiger partial charge is 0.0462 e. The second-order valence-corrected chi connectivity index (χ2v) is 18.1. The Hall–Kier alpha value is -7.74. The first-order valence-corrected chi connectivity index (χ1v) is 22.9. The van der Waals surface area contributed by atoms with E-state index in [9.17, 15) is 0 Å². The van der Waals surface area contributed by atoms with Crippen LogP contribution in [0.5, 0.6) is 0 Å². The molecule has 0 saturated heterocycles. The molecule has 0 aliphatic carbocycles. The summed E-state index contributed by atoms with van der Waals surface area (Å²) >= 11 is 3.71. The topological polar surface area (TPSA) is 3.24 Å². The van der Waals surface area contributed by atoms with Gasteiger partial charge in [0, 0.05) is 47.5 Å². The summed E-state index contributed by atoms with van der Waals surface area (Å²) in [5.41, 5.74) is 10.6. The molecule has 0 bridgehead atoms. The maximum atomic E-state index is 3.61. The molecule has 0 fully saturated rings. The Morgan fingerprint density at radius 3 is 1.43 bits per heavy atom. The van der Waals surface area contributed by atoms with Crippen molar-refractivity contribution in [1.29, 1.82) is 0 Å². The summed E-state index contributed by atoms with van der Waals surface area (Å²) in [4.78, 5) is 7.34. The first-order valence-electron chi connectivity index (χ1n) is 21.2. The van der Waals surface area contributed by atoms with Crippen molar-refractivity contribution in [3.63, 3.8) is 0 Å². The van der Waals surface area contributed by atoms with Crippen molar-refractivity contribution in [3.05, 3.63) is 237 Å². The van der Waals surface area contributed by atoms with Crippen molar-refractivity contribution in [1.82, 2.24) is 0 Å². The summed E-state index contributed by atoms with van der Waals surface area (Å²) in [6, 6.07) is 88.4. The molecular weight excluding hydrogens is 799 g/mol. The van der Waals surface area contributed by atoms with Gasteiger partial charge in [-0.25, -0.2) is 0 Å². The SMILES string of the molecule is c1ccc2c(-c3ccc4ccccc4c3)c3ccc(-c4ccc(-c5ccc(-c6ccc(N(c7ccccc7)c7ccccc7)cc6)s5)s4)cc3c(-c3ccc4ccccc4c3)c2c#1. The summed E-state index contributed by atoms with van der Waals surface area (Å²) in [6.07, 6.45) is 0. The fourth-order valence-electron chi connectivity index (χ4n) is 9.12. The lowest BCUT2D eigenvalue weighted by Gasteiger charge is -2.25. The van der Waals surface area contributed by atoms with E-state index >= 15 is 0 Å². The summed E-state index contributed by atoms with van der Waals surface area (Å²) in [5, 5.41) is 9.63. The highest BCUT2D eigenvalue weighted by Crippen LogP contribution is 2.47. The fraction of sp³-hybridized carbons (Fsp3) is 0. The highest BCUT2D eigenvalue weighted by atomic mass is 32.1. The molecule has 0 N–H and O–H groups in total. The summed E-state index contributed by atoms with van der Waals surface area (Å²) in [6.45, 7) is 0. The molecule has 3 heteroatoms. The summed E-state index contributed by atoms with van der Waals surface area (Å²) in [7, 11) is 0. The van der Waals surface area contributed by atoms with E-state index in [1.54, 1.807) is 0 Å². The largest absolute Gasteiger partial charge is 0.311 e. The Balaban J connectivity index is 0.937. The monoisotopic (exact) mass is 835 g/mol. The van der Waals surface area contributed by atoms with Gasteiger partial charge in [-0.05, 0) is 157 Å². The molecule has 0 radical (unpaired) electrons. The van der Waals surface area contributed by atoms with Crippen molar-refractivity contribution in [2.24, 2.45) is 0 Å². The number of hydrogen-bond donors (Lipinski definition) is 0. The van der Waals surface area contributed by atoms with Crippen LogP contribution in [-0.2, 0) is 0 Å². The fourth-order valence-corrected chi connectivity index (χ4v) is 11.2. The summed E-state index contributed by atoms with van der Waals surface area (Å²) < 4.78 is 0. The van der Waals surface area contributed by atoms with Crippen molar-refractivity contribution >= 4 is 82.8 Å². The average molecular weight is 836 g/mol. The Kier molecular flexibility index (Phi) is 9.19. The number of nitrogens with zero attached hydrogens (tertiary/aromatic N) is 1. The van der Waals surface area contributed by atoms with E-state index in [0.717, 1.165) is 22.4 Å². The minimum Gasteiger partial charge on any atom is -0.311 e. The van der Waals surface area contributed by atoms with E-state index in [4.69, 9.17) is 0 Å². The van der Waals surface area contributed by atoms with Gasteiger partial charge < -0.3 is 4.90 Å². The molecule has 0 atom stereocenters. The first kappa shape index (κ1) is 37.1. The van der Waals surface area contributed by atoms with Crippen LogP contribution in [0.4, 0.5) is 17.1 Å². The van der Waals surface area contributed by atoms with Crippen LogP contribution in [0.15, 0.2) is 224 Å². The van der Waals surface area contributed by atoms with Crippen LogP contribution >= 0.6 is 22.7 Å². The molecule has 0 aliphatic rings. The Labute approximate surface area is 375 Å². The number of thiophene rings is 2. The molecule has 1 nitrogen and oxygen atoms in total. The predicted octanol–water partition coefficient (Wildman–Crippen LogP) is 17.8. The highest BCUT2D eigenvalue weighted by Gasteiger charge is 2.20. The minimum atomic E-state index is 1.08. The van der Waals surface area contributed by atoms with Gasteiger partial charge in [-0.2, -0.15) is 0 Å². The lowest BCUT2D eigenvalue weighted by atomic mass is 9.85. The molecule has 294 valence electrons. The van der Waals surface area contributed by atoms with Gasteiger partial charge in [0.05, 0.1) is 0 Å². The Morgan fingerprint density at radius 1 is 0.317 bits per heavy atom. The average Bonchev–Trinajstić information content (AvgIpc) is 4.06. The van der Waals surface area contributed by atoms with E-state index < -0.39 is 0 Å². The molecule has 0 saturated carbocycles. The number of hydrogen-bond acceptors (Lipinski definition) is 3. The molecule has 0 amide bonds. The van der Waals surface area contributed by atoms with E-state index in [0.29, 0.717) is 0 Å². The van der Waals surface area contributed by atoms with E-state index in [2.05, 4.69) is 235 Å². The van der Waals surface area contributed by atoms with Gasteiger partial charge in [-0.15, -0.1) is 22.7 Å². The molecule has 10 aromatic carbocycles. The van der Waals surface area contributed by atoms with Crippen LogP contribution in [0.3, 0.4) is 0 Å². The molecule has 2 aromatic heterocycles. The van der Waals surface area contributed by atoms with Gasteiger partial charge in [-0.3, -0.25) is 0 Å². The number of fused-ring (bicyclic) bond motifs is 4. The standard InChI is InChI=1S/C60H37NS2/c1-3-17-48(18-4-1)61(49-19-5-2-6-20-49)50-30-27-42(28-31-50)55-33-35-57(62-55)58-36-34-56(63-58)45-29-32-53-54(39-45)60(47-26-24-41-14-8-10-16-44(41)38-47)52-22-12-11-21-51(52)59(53)46-25-23-40-13-7-9-15-43(40)37-46/h1-11,13-21,23-39H. The third-order valence-corrected chi connectivity index (χ3v) is 14.6. The molecule has 12 rings (SSSR count). The summed E-state index contributed by atoms with van der Waals surface area (Å²) in [5.74, 6) is 0. The van der Waals surface area contributed by atoms with Gasteiger partial charge in [-0.1, -0.05) is 146 Å². The zero-order valence-corrected chi connectivity index (χ0v) is 35.8. The van der Waals surface area contributed by atoms with Gasteiger partial charge in [0.2, 0.25) is 0 Å². The molecule has 63 heavy (non-hydrogen) atoms. The van der Waals surface area contributed by atoms with Crippen LogP contribution in [-0.4, -0.2) is 0 Å². The van der Waals surface area contributed by atoms with Crippen LogP contribution in [0, 0.1) is 12.1 Å². The quantitative estimate of drug-likeness (QED) is 0.147. The van der Waals surface area contributed by atoms with Gasteiger partial charge in [0.1, 0.15) is 0 Å². The van der Waals surface area contributed by atoms with Crippen molar-refractivity contribution in [2.45, 2.75) is 0 Å². The van der Waals surface area contributed by atoms with Crippen LogP contribution in [0.2, 0.25) is 0 Å². The van der Waals surface area contributed by atoms with E-state index in [1.165, 1.54) is 90.6 Å². The molecular formula is C60H37NS2.